The van der Waals surface area contributed by atoms with E-state index in [-0.39, 0.29) is 6.23 Å². The van der Waals surface area contributed by atoms with E-state index in [2.05, 4.69) is 97.7 Å². The predicted molar refractivity (Wildman–Crippen MR) is 179 cm³/mol. The molecule has 0 amide bonds. The fraction of sp³-hybridized carbons (Fsp3) is 0.211. The number of carboxylic acids is 1. The Morgan fingerprint density at radius 1 is 0.932 bits per heavy atom. The molecule has 0 bridgehead atoms. The van der Waals surface area contributed by atoms with Crippen LogP contribution in [0.1, 0.15) is 61.1 Å². The molecule has 0 saturated carbocycles. The lowest BCUT2D eigenvalue weighted by molar-refractivity contribution is -0.131. The minimum Gasteiger partial charge on any atom is -0.478 e. The maximum atomic E-state index is 11.1. The summed E-state index contributed by atoms with van der Waals surface area (Å²) in [6, 6.07) is 33.8. The zero-order chi connectivity index (χ0) is 30.5. The number of hydrogen-bond acceptors (Lipinski definition) is 4. The molecule has 1 N–H and O–H groups in total. The zero-order valence-electron chi connectivity index (χ0n) is 25.2. The summed E-state index contributed by atoms with van der Waals surface area (Å²) in [5.74, 6) is -0.961. The Hall–Kier alpha value is -4.94. The highest BCUT2D eigenvalue weighted by Gasteiger charge is 2.20. The van der Waals surface area contributed by atoms with Gasteiger partial charge < -0.3 is 14.7 Å². The van der Waals surface area contributed by atoms with Gasteiger partial charge in [0.05, 0.1) is 11.7 Å². The molecule has 2 heterocycles. The van der Waals surface area contributed by atoms with Gasteiger partial charge in [-0.15, -0.1) is 0 Å². The number of allylic oxidation sites excluding steroid dienone is 1. The number of hydrogen-bond donors (Lipinski definition) is 1. The van der Waals surface area contributed by atoms with Crippen LogP contribution in [0.25, 0.3) is 28.1 Å². The number of carboxylic acid groups (broad SMARTS) is 1. The summed E-state index contributed by atoms with van der Waals surface area (Å²) in [6.45, 7) is 2.97. The van der Waals surface area contributed by atoms with E-state index in [0.29, 0.717) is 0 Å². The third-order valence-electron chi connectivity index (χ3n) is 8.33. The van der Waals surface area contributed by atoms with Crippen molar-refractivity contribution in [2.45, 2.75) is 38.8 Å². The van der Waals surface area contributed by atoms with Crippen molar-refractivity contribution in [2.24, 2.45) is 0 Å². The molecule has 6 nitrogen and oxygen atoms in total. The first-order chi connectivity index (χ1) is 21.5. The molecule has 222 valence electrons. The number of nitrogens with zero attached hydrogens (tertiary/aromatic N) is 3. The first-order valence-corrected chi connectivity index (χ1v) is 15.2. The Balaban J connectivity index is 1.43. The second-order valence-corrected chi connectivity index (χ2v) is 11.1. The third kappa shape index (κ3) is 6.21. The number of benzene rings is 4. The number of ether oxygens (including phenoxy) is 1. The van der Waals surface area contributed by atoms with Crippen LogP contribution < -0.4 is 4.90 Å². The van der Waals surface area contributed by atoms with Crippen molar-refractivity contribution in [1.29, 1.82) is 0 Å². The minimum absolute atomic E-state index is 0.0211. The van der Waals surface area contributed by atoms with Crippen molar-refractivity contribution in [3.63, 3.8) is 0 Å². The molecule has 5 aromatic rings. The fourth-order valence-corrected chi connectivity index (χ4v) is 6.01. The molecule has 0 spiro atoms. The molecule has 1 atom stereocenters. The fourth-order valence-electron chi connectivity index (χ4n) is 6.01. The lowest BCUT2D eigenvalue weighted by Crippen LogP contribution is -2.18. The summed E-state index contributed by atoms with van der Waals surface area (Å²) in [6.07, 6.45) is 8.75. The largest absolute Gasteiger partial charge is 0.478 e. The molecule has 0 aliphatic carbocycles. The Morgan fingerprint density at radius 3 is 2.32 bits per heavy atom. The number of para-hydroxylation sites is 1. The maximum absolute atomic E-state index is 11.1. The summed E-state index contributed by atoms with van der Waals surface area (Å²) >= 11 is 0. The molecule has 6 rings (SSSR count). The highest BCUT2D eigenvalue weighted by atomic mass is 16.5. The summed E-state index contributed by atoms with van der Waals surface area (Å²) in [5, 5.41) is 14.9. The van der Waals surface area contributed by atoms with Crippen molar-refractivity contribution in [3.05, 3.63) is 132 Å². The predicted octanol–water partition coefficient (Wildman–Crippen LogP) is 8.97. The second-order valence-electron chi connectivity index (χ2n) is 11.1. The Kier molecular flexibility index (Phi) is 8.71. The molecule has 44 heavy (non-hydrogen) atoms. The normalized spacial score (nSPS) is 15.8. The summed E-state index contributed by atoms with van der Waals surface area (Å²) in [4.78, 5) is 13.2. The third-order valence-corrected chi connectivity index (χ3v) is 8.33. The Morgan fingerprint density at radius 2 is 1.64 bits per heavy atom. The highest BCUT2D eigenvalue weighted by Crippen LogP contribution is 2.37. The summed E-state index contributed by atoms with van der Waals surface area (Å²) in [5.41, 5.74) is 9.88. The van der Waals surface area contributed by atoms with E-state index in [1.807, 2.05) is 29.1 Å². The lowest BCUT2D eigenvalue weighted by atomic mass is 9.87. The molecule has 1 fully saturated rings. The first kappa shape index (κ1) is 29.1. The van der Waals surface area contributed by atoms with Crippen LogP contribution in [0, 0.1) is 0 Å². The lowest BCUT2D eigenvalue weighted by Gasteiger charge is -2.23. The van der Waals surface area contributed by atoms with E-state index in [0.717, 1.165) is 82.4 Å². The van der Waals surface area contributed by atoms with E-state index in [1.165, 1.54) is 11.6 Å². The van der Waals surface area contributed by atoms with Gasteiger partial charge in [0.1, 0.15) is 0 Å². The number of fused-ring (bicyclic) bond motifs is 1. The van der Waals surface area contributed by atoms with Gasteiger partial charge in [-0.05, 0) is 102 Å². The van der Waals surface area contributed by atoms with E-state index in [1.54, 1.807) is 6.08 Å². The Bertz CT molecular complexity index is 1800. The molecule has 1 aliphatic heterocycles. The van der Waals surface area contributed by atoms with Crippen LogP contribution in [0.3, 0.4) is 0 Å². The number of aliphatic carboxylic acids is 1. The summed E-state index contributed by atoms with van der Waals surface area (Å²) < 4.78 is 8.06. The van der Waals surface area contributed by atoms with Crippen molar-refractivity contribution in [2.75, 3.05) is 18.6 Å². The molecule has 1 unspecified atom stereocenters. The zero-order valence-corrected chi connectivity index (χ0v) is 25.2. The van der Waals surface area contributed by atoms with Crippen LogP contribution in [0.2, 0.25) is 0 Å². The standard InChI is InChI=1S/C38H37N3O3/c1-3-34(28-17-20-33(21-18-28)40(2)32-9-5-4-6-10-32)38(29-15-12-27(13-16-29)14-23-37(42)43)30-19-22-35-31(25-30)26-39-41(35)36-11-7-8-24-44-36/h4-6,9-10,12-23,25-26,36H,3,7-8,11,24H2,1-2H3,(H,42,43). The molecule has 1 aliphatic rings. The van der Waals surface area contributed by atoms with Crippen LogP contribution in [0.5, 0.6) is 0 Å². The number of aromatic nitrogens is 2. The van der Waals surface area contributed by atoms with E-state index in [4.69, 9.17) is 14.9 Å². The molecule has 1 aromatic heterocycles. The number of carbonyl (C=O) groups is 1. The van der Waals surface area contributed by atoms with Gasteiger partial charge in [0, 0.05) is 36.5 Å². The quantitative estimate of drug-likeness (QED) is 0.139. The van der Waals surface area contributed by atoms with Crippen LogP contribution in [-0.2, 0) is 9.53 Å². The molecule has 0 radical (unpaired) electrons. The van der Waals surface area contributed by atoms with Crippen molar-refractivity contribution in [1.82, 2.24) is 9.78 Å². The monoisotopic (exact) mass is 583 g/mol. The van der Waals surface area contributed by atoms with E-state index >= 15 is 0 Å². The average Bonchev–Trinajstić information content (AvgIpc) is 3.50. The molecule has 1 saturated heterocycles. The number of rotatable bonds is 9. The maximum Gasteiger partial charge on any atom is 0.328 e. The van der Waals surface area contributed by atoms with E-state index in [9.17, 15) is 4.79 Å². The topological polar surface area (TPSA) is 67.6 Å². The van der Waals surface area contributed by atoms with Crippen molar-refractivity contribution in [3.8, 4) is 0 Å². The van der Waals surface area contributed by atoms with Crippen LogP contribution >= 0.6 is 0 Å². The van der Waals surface area contributed by atoms with Crippen molar-refractivity contribution < 1.29 is 14.6 Å². The molecule has 4 aromatic carbocycles. The molecule has 6 heteroatoms. The van der Waals surface area contributed by atoms with Crippen LogP contribution in [0.4, 0.5) is 11.4 Å². The van der Waals surface area contributed by atoms with Gasteiger partial charge in [0.25, 0.3) is 0 Å². The summed E-state index contributed by atoms with van der Waals surface area (Å²) in [7, 11) is 2.08. The van der Waals surface area contributed by atoms with Gasteiger partial charge in [0.15, 0.2) is 6.23 Å². The number of anilines is 2. The van der Waals surface area contributed by atoms with Crippen LogP contribution in [-0.4, -0.2) is 34.5 Å². The van der Waals surface area contributed by atoms with Crippen LogP contribution in [0.15, 0.2) is 109 Å². The van der Waals surface area contributed by atoms with Gasteiger partial charge in [-0.2, -0.15) is 5.10 Å². The van der Waals surface area contributed by atoms with Gasteiger partial charge in [0.2, 0.25) is 0 Å². The smallest absolute Gasteiger partial charge is 0.328 e. The van der Waals surface area contributed by atoms with Gasteiger partial charge >= 0.3 is 5.97 Å². The van der Waals surface area contributed by atoms with E-state index < -0.39 is 5.97 Å². The Labute approximate surface area is 258 Å². The highest BCUT2D eigenvalue weighted by molar-refractivity contribution is 6.00. The van der Waals surface area contributed by atoms with Crippen molar-refractivity contribution >= 4 is 45.5 Å². The first-order valence-electron chi connectivity index (χ1n) is 15.2. The van der Waals surface area contributed by atoms with Gasteiger partial charge in [-0.25, -0.2) is 9.48 Å². The van der Waals surface area contributed by atoms with Gasteiger partial charge in [-0.1, -0.05) is 67.6 Å². The average molecular weight is 584 g/mol. The molecular formula is C38H37N3O3. The SMILES string of the molecule is CCC(=C(c1ccc(C=CC(=O)O)cc1)c1ccc2c(cnn2C2CCCCO2)c1)c1ccc(N(C)c2ccccc2)cc1. The van der Waals surface area contributed by atoms with Gasteiger partial charge in [-0.3, -0.25) is 0 Å². The second kappa shape index (κ2) is 13.1. The minimum atomic E-state index is -0.961. The molecular weight excluding hydrogens is 546 g/mol.